The first-order valence-corrected chi connectivity index (χ1v) is 9.06. The molecule has 118 valence electrons. The highest BCUT2D eigenvalue weighted by Gasteiger charge is 2.18. The fourth-order valence-corrected chi connectivity index (χ4v) is 3.61. The van der Waals surface area contributed by atoms with Crippen molar-refractivity contribution in [2.75, 3.05) is 18.7 Å². The minimum atomic E-state index is -3.47. The first-order chi connectivity index (χ1) is 10.2. The average molecular weight is 382 g/mol. The first-order valence-electron chi connectivity index (χ1n) is 5.60. The van der Waals surface area contributed by atoms with E-state index in [9.17, 15) is 13.2 Å². The van der Waals surface area contributed by atoms with Crippen LogP contribution in [0.25, 0.3) is 0 Å². The van der Waals surface area contributed by atoms with Crippen molar-refractivity contribution in [1.29, 1.82) is 0 Å². The molecule has 0 spiro atoms. The van der Waals surface area contributed by atoms with Gasteiger partial charge in [-0.2, -0.15) is 0 Å². The maximum absolute atomic E-state index is 12.1. The Balaban J connectivity index is 2.25. The zero-order valence-corrected chi connectivity index (χ0v) is 14.4. The Morgan fingerprint density at radius 3 is 2.32 bits per heavy atom. The number of hydrogen-bond acceptors (Lipinski definition) is 7. The number of benzene rings is 1. The van der Waals surface area contributed by atoms with Gasteiger partial charge in [-0.3, -0.25) is 10.1 Å². The molecule has 1 amide bonds. The molecule has 0 unspecified atom stereocenters. The number of amides is 1. The first kappa shape index (κ1) is 16.9. The number of rotatable bonds is 4. The molecule has 1 N–H and O–H groups in total. The fourth-order valence-electron chi connectivity index (χ4n) is 1.47. The molecule has 0 atom stereocenters. The van der Waals surface area contributed by atoms with Gasteiger partial charge >= 0.3 is 0 Å². The van der Waals surface area contributed by atoms with E-state index in [1.807, 2.05) is 0 Å². The average Bonchev–Trinajstić information content (AvgIpc) is 2.86. The predicted octanol–water partition coefficient (Wildman–Crippen LogP) is 2.51. The van der Waals surface area contributed by atoms with Crippen molar-refractivity contribution < 1.29 is 17.9 Å². The second kappa shape index (κ2) is 6.37. The molecule has 22 heavy (non-hydrogen) atoms. The Labute approximate surface area is 140 Å². The molecule has 0 saturated carbocycles. The number of carbonyl (C=O) groups excluding carboxylic acids is 1. The second-order valence-corrected chi connectivity index (χ2v) is 8.05. The normalized spacial score (nSPS) is 11.3. The molecule has 7 nitrogen and oxygen atoms in total. The van der Waals surface area contributed by atoms with E-state index in [2.05, 4.69) is 15.5 Å². The van der Waals surface area contributed by atoms with Gasteiger partial charge in [0.25, 0.3) is 5.91 Å². The number of carbonyl (C=O) groups is 1. The number of halogens is 2. The van der Waals surface area contributed by atoms with Gasteiger partial charge in [-0.25, -0.2) is 8.42 Å². The van der Waals surface area contributed by atoms with Gasteiger partial charge in [0.2, 0.25) is 19.3 Å². The highest BCUT2D eigenvalue weighted by atomic mass is 35.5. The number of anilines is 1. The van der Waals surface area contributed by atoms with Crippen molar-refractivity contribution in [2.24, 2.45) is 0 Å². The van der Waals surface area contributed by atoms with Crippen LogP contribution in [-0.4, -0.2) is 37.9 Å². The standard InChI is InChI=1S/C11H9Cl2N3O4S2/c1-20-8-6(12)3-5(4-7(8)13)9(17)14-10-15-16-11(21-10)22(2,18)19/h3-4H,1-2H3,(H,14,15,17). The summed E-state index contributed by atoms with van der Waals surface area (Å²) >= 11 is 12.6. The number of nitrogens with one attached hydrogen (secondary N) is 1. The molecule has 0 bridgehead atoms. The Kier molecular flexibility index (Phi) is 4.90. The summed E-state index contributed by atoms with van der Waals surface area (Å²) < 4.78 is 27.4. The Morgan fingerprint density at radius 1 is 1.27 bits per heavy atom. The van der Waals surface area contributed by atoms with Crippen LogP contribution >= 0.6 is 34.5 Å². The number of nitrogens with zero attached hydrogens (tertiary/aromatic N) is 2. The van der Waals surface area contributed by atoms with E-state index >= 15 is 0 Å². The highest BCUT2D eigenvalue weighted by molar-refractivity contribution is 7.92. The van der Waals surface area contributed by atoms with Crippen molar-refractivity contribution >= 4 is 55.4 Å². The largest absolute Gasteiger partial charge is 0.494 e. The minimum Gasteiger partial charge on any atom is -0.494 e. The third-order valence-corrected chi connectivity index (χ3v) is 5.48. The minimum absolute atomic E-state index is 0.0495. The fraction of sp³-hybridized carbons (Fsp3) is 0.182. The van der Waals surface area contributed by atoms with Gasteiger partial charge < -0.3 is 4.74 Å². The molecule has 0 radical (unpaired) electrons. The second-order valence-electron chi connectivity index (χ2n) is 4.07. The molecule has 0 aliphatic rings. The van der Waals surface area contributed by atoms with Crippen LogP contribution in [-0.2, 0) is 9.84 Å². The van der Waals surface area contributed by atoms with Crippen LogP contribution in [0.15, 0.2) is 16.5 Å². The van der Waals surface area contributed by atoms with E-state index in [-0.39, 0.29) is 30.8 Å². The predicted molar refractivity (Wildman–Crippen MR) is 84.0 cm³/mol. The van der Waals surface area contributed by atoms with Gasteiger partial charge in [-0.15, -0.1) is 10.2 Å². The zero-order valence-electron chi connectivity index (χ0n) is 11.3. The molecule has 2 aromatic rings. The maximum Gasteiger partial charge on any atom is 0.257 e. The lowest BCUT2D eigenvalue weighted by Crippen LogP contribution is -2.12. The van der Waals surface area contributed by atoms with E-state index in [4.69, 9.17) is 27.9 Å². The van der Waals surface area contributed by atoms with E-state index in [0.717, 1.165) is 17.6 Å². The van der Waals surface area contributed by atoms with Crippen molar-refractivity contribution in [3.63, 3.8) is 0 Å². The quantitative estimate of drug-likeness (QED) is 0.816. The highest BCUT2D eigenvalue weighted by Crippen LogP contribution is 2.34. The number of sulfone groups is 1. The van der Waals surface area contributed by atoms with Crippen LogP contribution < -0.4 is 10.1 Å². The van der Waals surface area contributed by atoms with Crippen LogP contribution in [0, 0.1) is 0 Å². The molecule has 0 aliphatic carbocycles. The van der Waals surface area contributed by atoms with Crippen LogP contribution in [0.1, 0.15) is 10.4 Å². The van der Waals surface area contributed by atoms with E-state index in [1.165, 1.54) is 19.2 Å². The molecule has 0 fully saturated rings. The number of hydrogen-bond donors (Lipinski definition) is 1. The molecule has 1 heterocycles. The molecule has 1 aromatic heterocycles. The van der Waals surface area contributed by atoms with Crippen LogP contribution in [0.4, 0.5) is 5.13 Å². The monoisotopic (exact) mass is 381 g/mol. The van der Waals surface area contributed by atoms with Crippen molar-refractivity contribution in [2.45, 2.75) is 4.34 Å². The van der Waals surface area contributed by atoms with Gasteiger partial charge in [0.1, 0.15) is 0 Å². The number of methoxy groups -OCH3 is 1. The van der Waals surface area contributed by atoms with Crippen molar-refractivity contribution in [1.82, 2.24) is 10.2 Å². The molecule has 1 aromatic carbocycles. The summed E-state index contributed by atoms with van der Waals surface area (Å²) in [4.78, 5) is 12.1. The molecule has 0 saturated heterocycles. The third kappa shape index (κ3) is 3.67. The van der Waals surface area contributed by atoms with Crippen molar-refractivity contribution in [3.05, 3.63) is 27.7 Å². The lowest BCUT2D eigenvalue weighted by atomic mass is 10.2. The lowest BCUT2D eigenvalue weighted by Gasteiger charge is -2.08. The number of ether oxygens (including phenoxy) is 1. The lowest BCUT2D eigenvalue weighted by molar-refractivity contribution is 0.102. The van der Waals surface area contributed by atoms with Gasteiger partial charge in [0, 0.05) is 11.8 Å². The summed E-state index contributed by atoms with van der Waals surface area (Å²) in [5.74, 6) is -0.294. The van der Waals surface area contributed by atoms with Gasteiger partial charge in [0.15, 0.2) is 5.75 Å². The molecular formula is C11H9Cl2N3O4S2. The van der Waals surface area contributed by atoms with Gasteiger partial charge in [-0.05, 0) is 12.1 Å². The topological polar surface area (TPSA) is 98.2 Å². The van der Waals surface area contributed by atoms with E-state index < -0.39 is 15.7 Å². The Morgan fingerprint density at radius 2 is 1.86 bits per heavy atom. The zero-order chi connectivity index (χ0) is 16.5. The Bertz CT molecular complexity index is 813. The molecule has 11 heteroatoms. The van der Waals surface area contributed by atoms with Crippen LogP contribution in [0.3, 0.4) is 0 Å². The van der Waals surface area contributed by atoms with Crippen molar-refractivity contribution in [3.8, 4) is 5.75 Å². The number of aromatic nitrogens is 2. The van der Waals surface area contributed by atoms with Crippen LogP contribution in [0.2, 0.25) is 10.0 Å². The van der Waals surface area contributed by atoms with Gasteiger partial charge in [0.05, 0.1) is 17.2 Å². The smallest absolute Gasteiger partial charge is 0.257 e. The third-order valence-electron chi connectivity index (χ3n) is 2.41. The summed E-state index contributed by atoms with van der Waals surface area (Å²) in [7, 11) is -2.07. The Hall–Kier alpha value is -1.42. The van der Waals surface area contributed by atoms with E-state index in [1.54, 1.807) is 0 Å². The summed E-state index contributed by atoms with van der Waals surface area (Å²) in [5, 5.41) is 9.91. The summed E-state index contributed by atoms with van der Waals surface area (Å²) in [6.45, 7) is 0. The maximum atomic E-state index is 12.1. The summed E-state index contributed by atoms with van der Waals surface area (Å²) in [6, 6.07) is 2.75. The SMILES string of the molecule is COc1c(Cl)cc(C(=O)Nc2nnc(S(C)(=O)=O)s2)cc1Cl. The molecular weight excluding hydrogens is 373 g/mol. The van der Waals surface area contributed by atoms with Gasteiger partial charge in [-0.1, -0.05) is 34.5 Å². The molecule has 0 aliphatic heterocycles. The molecule has 2 rings (SSSR count). The summed E-state index contributed by atoms with van der Waals surface area (Å²) in [6.07, 6.45) is 1.00. The van der Waals surface area contributed by atoms with E-state index in [0.29, 0.717) is 0 Å². The van der Waals surface area contributed by atoms with Crippen LogP contribution in [0.5, 0.6) is 5.75 Å². The summed E-state index contributed by atoms with van der Waals surface area (Å²) in [5.41, 5.74) is 0.173.